The lowest BCUT2D eigenvalue weighted by molar-refractivity contribution is 0.474. The highest BCUT2D eigenvalue weighted by atomic mass is 16.3. The first-order valence-electron chi connectivity index (χ1n) is 7.04. The Labute approximate surface area is 124 Å². The Hall–Kier alpha value is -2.49. The summed E-state index contributed by atoms with van der Waals surface area (Å²) in [4.78, 5) is 0. The second-order valence-electron chi connectivity index (χ2n) is 4.67. The van der Waals surface area contributed by atoms with Crippen LogP contribution < -0.4 is 0 Å². The van der Waals surface area contributed by atoms with Crippen LogP contribution in [-0.4, -0.2) is 20.0 Å². The van der Waals surface area contributed by atoms with Gasteiger partial charge in [0.15, 0.2) is 0 Å². The molecule has 2 aromatic carbocycles. The summed E-state index contributed by atoms with van der Waals surface area (Å²) in [6, 6.07) is 10.3. The second-order valence-corrected chi connectivity index (χ2v) is 4.67. The van der Waals surface area contributed by atoms with E-state index in [2.05, 4.69) is 5.10 Å². The second kappa shape index (κ2) is 5.87. The third kappa shape index (κ3) is 2.70. The van der Waals surface area contributed by atoms with Gasteiger partial charge >= 0.3 is 0 Å². The molecule has 0 unspecified atom stereocenters. The molecule has 0 aliphatic carbocycles. The Kier molecular flexibility index (Phi) is 4.17. The monoisotopic (exact) mass is 284 g/mol. The Balaban J connectivity index is 0.000000774. The van der Waals surface area contributed by atoms with Gasteiger partial charge in [-0.3, -0.25) is 0 Å². The van der Waals surface area contributed by atoms with Crippen molar-refractivity contribution < 1.29 is 10.2 Å². The molecular formula is C17H20N2O2. The molecule has 0 aliphatic heterocycles. The summed E-state index contributed by atoms with van der Waals surface area (Å²) < 4.78 is 1.83. The molecular weight excluding hydrogens is 264 g/mol. The van der Waals surface area contributed by atoms with E-state index in [4.69, 9.17) is 0 Å². The standard InChI is InChI=1S/C15H14N2O2.C2H6/c1-9-7-11(18)4-6-15(9)17-10(2)13-8-12(19)3-5-14(13)16-17;1-2/h3-8,18-19H,1-2H3;1-2H3. The fourth-order valence-corrected chi connectivity index (χ4v) is 2.31. The number of phenols is 2. The van der Waals surface area contributed by atoms with Crippen LogP contribution in [0.25, 0.3) is 16.6 Å². The number of benzene rings is 2. The van der Waals surface area contributed by atoms with E-state index >= 15 is 0 Å². The van der Waals surface area contributed by atoms with E-state index in [0.717, 1.165) is 27.8 Å². The maximum atomic E-state index is 9.56. The fraction of sp³-hybridized carbons (Fsp3) is 0.235. The number of hydrogen-bond acceptors (Lipinski definition) is 3. The van der Waals surface area contributed by atoms with Crippen LogP contribution in [0.15, 0.2) is 36.4 Å². The van der Waals surface area contributed by atoms with Gasteiger partial charge in [0, 0.05) is 11.1 Å². The van der Waals surface area contributed by atoms with Crippen LogP contribution in [0.1, 0.15) is 25.1 Å². The lowest BCUT2D eigenvalue weighted by Crippen LogP contribution is -2.00. The number of aromatic nitrogens is 2. The third-order valence-electron chi connectivity index (χ3n) is 3.30. The average Bonchev–Trinajstić information content (AvgIpc) is 2.78. The van der Waals surface area contributed by atoms with Gasteiger partial charge in [0.25, 0.3) is 0 Å². The molecule has 3 aromatic rings. The topological polar surface area (TPSA) is 58.3 Å². The van der Waals surface area contributed by atoms with Gasteiger partial charge < -0.3 is 10.2 Å². The Morgan fingerprint density at radius 1 is 0.905 bits per heavy atom. The zero-order chi connectivity index (χ0) is 15.6. The summed E-state index contributed by atoms with van der Waals surface area (Å²) in [6.45, 7) is 7.89. The minimum Gasteiger partial charge on any atom is -0.508 e. The predicted molar refractivity (Wildman–Crippen MR) is 85.2 cm³/mol. The van der Waals surface area contributed by atoms with Gasteiger partial charge in [0.2, 0.25) is 0 Å². The lowest BCUT2D eigenvalue weighted by Gasteiger charge is -2.08. The zero-order valence-electron chi connectivity index (χ0n) is 12.8. The van der Waals surface area contributed by atoms with Crippen molar-refractivity contribution in [3.63, 3.8) is 0 Å². The van der Waals surface area contributed by atoms with Crippen molar-refractivity contribution in [1.82, 2.24) is 9.78 Å². The van der Waals surface area contributed by atoms with E-state index in [1.807, 2.05) is 38.4 Å². The molecule has 0 bridgehead atoms. The Morgan fingerprint density at radius 2 is 1.52 bits per heavy atom. The van der Waals surface area contributed by atoms with Crippen molar-refractivity contribution >= 4 is 10.9 Å². The molecule has 0 amide bonds. The van der Waals surface area contributed by atoms with Crippen molar-refractivity contribution in [1.29, 1.82) is 0 Å². The highest BCUT2D eigenvalue weighted by Crippen LogP contribution is 2.27. The van der Waals surface area contributed by atoms with Crippen LogP contribution >= 0.6 is 0 Å². The van der Waals surface area contributed by atoms with Gasteiger partial charge in [0.05, 0.1) is 11.2 Å². The summed E-state index contributed by atoms with van der Waals surface area (Å²) in [5.41, 5.74) is 3.66. The van der Waals surface area contributed by atoms with Crippen molar-refractivity contribution in [3.8, 4) is 17.2 Å². The van der Waals surface area contributed by atoms with Crippen LogP contribution in [0, 0.1) is 13.8 Å². The molecule has 4 heteroatoms. The first-order valence-corrected chi connectivity index (χ1v) is 7.04. The molecule has 0 aliphatic rings. The van der Waals surface area contributed by atoms with E-state index in [9.17, 15) is 10.2 Å². The fourth-order valence-electron chi connectivity index (χ4n) is 2.31. The van der Waals surface area contributed by atoms with Gasteiger partial charge in [0.1, 0.15) is 11.5 Å². The molecule has 0 saturated heterocycles. The SMILES string of the molecule is CC.Cc1cc(O)ccc1-n1nc2ccc(O)cc2c1C. The minimum atomic E-state index is 0.234. The quantitative estimate of drug-likeness (QED) is 0.708. The van der Waals surface area contributed by atoms with Crippen LogP contribution in [-0.2, 0) is 0 Å². The van der Waals surface area contributed by atoms with Gasteiger partial charge in [-0.05, 0) is 55.8 Å². The van der Waals surface area contributed by atoms with Gasteiger partial charge in [-0.15, -0.1) is 0 Å². The third-order valence-corrected chi connectivity index (χ3v) is 3.30. The van der Waals surface area contributed by atoms with E-state index in [1.54, 1.807) is 30.3 Å². The van der Waals surface area contributed by atoms with E-state index in [1.165, 1.54) is 0 Å². The first kappa shape index (κ1) is 14.9. The van der Waals surface area contributed by atoms with Gasteiger partial charge in [-0.2, -0.15) is 5.10 Å². The number of nitrogens with zero attached hydrogens (tertiary/aromatic N) is 2. The van der Waals surface area contributed by atoms with Crippen molar-refractivity contribution in [3.05, 3.63) is 47.7 Å². The molecule has 21 heavy (non-hydrogen) atoms. The zero-order valence-corrected chi connectivity index (χ0v) is 12.8. The lowest BCUT2D eigenvalue weighted by atomic mass is 10.1. The molecule has 3 rings (SSSR count). The van der Waals surface area contributed by atoms with Crippen LogP contribution in [0.2, 0.25) is 0 Å². The number of aryl methyl sites for hydroxylation is 2. The predicted octanol–water partition coefficient (Wildman–Crippen LogP) is 4.08. The molecule has 0 fully saturated rings. The molecule has 1 aromatic heterocycles. The highest BCUT2D eigenvalue weighted by molar-refractivity contribution is 5.83. The van der Waals surface area contributed by atoms with Crippen molar-refractivity contribution in [2.45, 2.75) is 27.7 Å². The van der Waals surface area contributed by atoms with Crippen LogP contribution in [0.3, 0.4) is 0 Å². The molecule has 2 N–H and O–H groups in total. The average molecular weight is 284 g/mol. The minimum absolute atomic E-state index is 0.234. The van der Waals surface area contributed by atoms with E-state index < -0.39 is 0 Å². The summed E-state index contributed by atoms with van der Waals surface area (Å²) in [7, 11) is 0. The summed E-state index contributed by atoms with van der Waals surface area (Å²) in [6.07, 6.45) is 0. The Morgan fingerprint density at radius 3 is 2.19 bits per heavy atom. The summed E-state index contributed by atoms with van der Waals surface area (Å²) >= 11 is 0. The maximum absolute atomic E-state index is 9.56. The number of rotatable bonds is 1. The molecule has 4 nitrogen and oxygen atoms in total. The van der Waals surface area contributed by atoms with Crippen molar-refractivity contribution in [2.75, 3.05) is 0 Å². The normalized spacial score (nSPS) is 10.3. The summed E-state index contributed by atoms with van der Waals surface area (Å²) in [5.74, 6) is 0.478. The van der Waals surface area contributed by atoms with Crippen molar-refractivity contribution in [2.24, 2.45) is 0 Å². The Bertz CT molecular complexity index is 776. The van der Waals surface area contributed by atoms with Gasteiger partial charge in [-0.1, -0.05) is 13.8 Å². The number of aromatic hydroxyl groups is 2. The number of fused-ring (bicyclic) bond motifs is 1. The largest absolute Gasteiger partial charge is 0.508 e. The smallest absolute Gasteiger partial charge is 0.116 e. The molecule has 110 valence electrons. The first-order chi connectivity index (χ1) is 10.1. The van der Waals surface area contributed by atoms with E-state index in [0.29, 0.717) is 0 Å². The van der Waals surface area contributed by atoms with Crippen LogP contribution in [0.4, 0.5) is 0 Å². The highest BCUT2D eigenvalue weighted by Gasteiger charge is 2.11. The molecule has 0 atom stereocenters. The van der Waals surface area contributed by atoms with Crippen LogP contribution in [0.5, 0.6) is 11.5 Å². The molecule has 0 saturated carbocycles. The summed E-state index contributed by atoms with van der Waals surface area (Å²) in [5, 5.41) is 24.5. The van der Waals surface area contributed by atoms with E-state index in [-0.39, 0.29) is 11.5 Å². The maximum Gasteiger partial charge on any atom is 0.116 e. The van der Waals surface area contributed by atoms with Gasteiger partial charge in [-0.25, -0.2) is 4.68 Å². The number of phenolic OH excluding ortho intramolecular Hbond substituents is 2. The molecule has 0 radical (unpaired) electrons. The molecule has 1 heterocycles. The number of hydrogen-bond donors (Lipinski definition) is 2. The molecule has 0 spiro atoms.